The van der Waals surface area contributed by atoms with Gasteiger partial charge in [0, 0.05) is 6.07 Å². The van der Waals surface area contributed by atoms with Crippen LogP contribution in [0.4, 0.5) is 5.69 Å². The molecule has 0 radical (unpaired) electrons. The Labute approximate surface area is 128 Å². The highest BCUT2D eigenvalue weighted by Gasteiger charge is 2.26. The molecule has 1 aliphatic carbocycles. The van der Waals surface area contributed by atoms with Gasteiger partial charge in [-0.2, -0.15) is 0 Å². The number of anilines is 1. The Kier molecular flexibility index (Phi) is 3.45. The van der Waals surface area contributed by atoms with E-state index in [1.807, 2.05) is 0 Å². The summed E-state index contributed by atoms with van der Waals surface area (Å²) in [6.45, 7) is 0. The molecular weight excluding hydrogens is 296 g/mol. The van der Waals surface area contributed by atoms with Crippen LogP contribution in [-0.2, 0) is 12.8 Å². The molecule has 0 saturated carbocycles. The lowest BCUT2D eigenvalue weighted by atomic mass is 9.80. The van der Waals surface area contributed by atoms with E-state index in [2.05, 4.69) is 46.9 Å². The Morgan fingerprint density at radius 1 is 1.10 bits per heavy atom. The Balaban J connectivity index is 1.68. The monoisotopic (exact) mass is 313 g/mol. The molecule has 106 valence electrons. The molecule has 0 fully saturated rings. The molecule has 2 aromatic carbocycles. The summed E-state index contributed by atoms with van der Waals surface area (Å²) in [6.07, 6.45) is 3.61. The van der Waals surface area contributed by atoms with Gasteiger partial charge in [-0.25, -0.2) is 0 Å². The molecule has 1 unspecified atom stereocenters. The minimum Gasteiger partial charge on any atom is -0.497 e. The van der Waals surface area contributed by atoms with Gasteiger partial charge in [0.2, 0.25) is 0 Å². The van der Waals surface area contributed by atoms with Gasteiger partial charge in [-0.1, -0.05) is 30.3 Å². The molecule has 0 aromatic heterocycles. The first-order chi connectivity index (χ1) is 10.3. The lowest BCUT2D eigenvalue weighted by Gasteiger charge is -2.27. The Morgan fingerprint density at radius 2 is 1.90 bits per heavy atom. The Bertz CT molecular complexity index is 708. The summed E-state index contributed by atoms with van der Waals surface area (Å²) in [4.78, 5) is 0. The maximum absolute atomic E-state index is 5.40. The third-order valence-electron chi connectivity index (χ3n) is 4.42. The summed E-state index contributed by atoms with van der Waals surface area (Å²) in [7, 11) is 4.52. The minimum absolute atomic E-state index is 0.631. The van der Waals surface area contributed by atoms with Crippen LogP contribution >= 0.6 is 16.0 Å². The maximum Gasteiger partial charge on any atom is 0.120 e. The molecule has 0 spiro atoms. The van der Waals surface area contributed by atoms with Gasteiger partial charge in [0.15, 0.2) is 0 Å². The lowest BCUT2D eigenvalue weighted by Crippen LogP contribution is -2.13. The molecule has 1 atom stereocenters. The molecule has 1 aliphatic heterocycles. The summed E-state index contributed by atoms with van der Waals surface area (Å²) in [5.74, 6) is 1.59. The summed E-state index contributed by atoms with van der Waals surface area (Å²) in [6, 6.07) is 15.5. The fraction of sp³-hybridized carbons (Fsp3) is 0.294. The first-order valence-corrected chi connectivity index (χ1v) is 9.71. The van der Waals surface area contributed by atoms with E-state index < -0.39 is 0 Å². The van der Waals surface area contributed by atoms with Crippen LogP contribution in [0.1, 0.15) is 29.0 Å². The van der Waals surface area contributed by atoms with E-state index >= 15 is 0 Å². The summed E-state index contributed by atoms with van der Waals surface area (Å²) < 4.78 is 7.79. The molecule has 2 aromatic rings. The first-order valence-electron chi connectivity index (χ1n) is 7.31. The molecule has 0 saturated heterocycles. The van der Waals surface area contributed by atoms with E-state index in [1.165, 1.54) is 51.3 Å². The smallest absolute Gasteiger partial charge is 0.120 e. The average Bonchev–Trinajstić information content (AvgIpc) is 3.38. The highest BCUT2D eigenvalue weighted by Crippen LogP contribution is 2.53. The number of ether oxygens (including phenoxy) is 1. The molecule has 21 heavy (non-hydrogen) atoms. The van der Waals surface area contributed by atoms with Gasteiger partial charge in [-0.15, -0.1) is 0 Å². The van der Waals surface area contributed by atoms with E-state index in [-0.39, 0.29) is 0 Å². The molecular formula is C17H17NOP2. The van der Waals surface area contributed by atoms with Crippen molar-refractivity contribution in [3.05, 3.63) is 59.2 Å². The second-order valence-corrected chi connectivity index (χ2v) is 8.15. The van der Waals surface area contributed by atoms with Crippen LogP contribution in [0.3, 0.4) is 0 Å². The fourth-order valence-electron chi connectivity index (χ4n) is 3.25. The van der Waals surface area contributed by atoms with Gasteiger partial charge < -0.3 is 4.74 Å². The van der Waals surface area contributed by atoms with Gasteiger partial charge in [0.1, 0.15) is 5.75 Å². The summed E-state index contributed by atoms with van der Waals surface area (Å²) in [5, 5.41) is 0. The summed E-state index contributed by atoms with van der Waals surface area (Å²) >= 11 is 0. The van der Waals surface area contributed by atoms with Crippen LogP contribution in [0, 0.1) is 0 Å². The molecule has 2 nitrogen and oxygen atoms in total. The lowest BCUT2D eigenvalue weighted by molar-refractivity contribution is 0.414. The standard InChI is InChI=1S/C17H17NOP2/c1-19-15-8-9-16(17(11-15)18-20-21-18)14-7-6-12-4-2-3-5-13(12)10-14/h2-5,8-9,11,14H,6-7,10H2,1H3. The van der Waals surface area contributed by atoms with Gasteiger partial charge in [0.05, 0.1) is 28.8 Å². The zero-order valence-electron chi connectivity index (χ0n) is 12.0. The van der Waals surface area contributed by atoms with E-state index in [0.717, 1.165) is 12.2 Å². The molecule has 2 aliphatic rings. The van der Waals surface area contributed by atoms with Crippen molar-refractivity contribution in [1.29, 1.82) is 0 Å². The SMILES string of the molecule is COc1ccc(C2CCc3ccccc3C2)c(N2P=P2)c1. The highest BCUT2D eigenvalue weighted by molar-refractivity contribution is 8.03. The third kappa shape index (κ3) is 2.59. The van der Waals surface area contributed by atoms with Crippen LogP contribution in [0.2, 0.25) is 0 Å². The van der Waals surface area contributed by atoms with Crippen molar-refractivity contribution in [1.82, 2.24) is 0 Å². The van der Waals surface area contributed by atoms with Crippen LogP contribution in [0.5, 0.6) is 5.75 Å². The number of aryl methyl sites for hydroxylation is 1. The topological polar surface area (TPSA) is 12.2 Å². The zero-order valence-corrected chi connectivity index (χ0v) is 13.8. The van der Waals surface area contributed by atoms with Crippen LogP contribution < -0.4 is 9.18 Å². The van der Waals surface area contributed by atoms with Crippen LogP contribution in [0.25, 0.3) is 0 Å². The van der Waals surface area contributed by atoms with Crippen molar-refractivity contribution >= 4 is 21.7 Å². The zero-order chi connectivity index (χ0) is 14.2. The van der Waals surface area contributed by atoms with E-state index in [4.69, 9.17) is 4.74 Å². The van der Waals surface area contributed by atoms with Crippen molar-refractivity contribution in [2.24, 2.45) is 0 Å². The quantitative estimate of drug-likeness (QED) is 0.701. The van der Waals surface area contributed by atoms with Crippen molar-refractivity contribution in [2.75, 3.05) is 11.6 Å². The third-order valence-corrected chi connectivity index (χ3v) is 6.28. The van der Waals surface area contributed by atoms with Crippen molar-refractivity contribution in [3.63, 3.8) is 0 Å². The Morgan fingerprint density at radius 3 is 2.67 bits per heavy atom. The number of fused-ring (bicyclic) bond motifs is 1. The molecule has 0 amide bonds. The number of nitrogens with zero attached hydrogens (tertiary/aromatic N) is 1. The van der Waals surface area contributed by atoms with E-state index in [0.29, 0.717) is 5.92 Å². The summed E-state index contributed by atoms with van der Waals surface area (Å²) in [5.41, 5.74) is 5.91. The van der Waals surface area contributed by atoms with Crippen LogP contribution in [-0.4, -0.2) is 7.11 Å². The second-order valence-electron chi connectivity index (χ2n) is 5.60. The molecule has 4 rings (SSSR count). The van der Waals surface area contributed by atoms with Gasteiger partial charge in [-0.05, 0) is 47.9 Å². The van der Waals surface area contributed by atoms with E-state index in [9.17, 15) is 0 Å². The molecule has 0 N–H and O–H groups in total. The predicted molar refractivity (Wildman–Crippen MR) is 90.5 cm³/mol. The fourth-order valence-corrected chi connectivity index (χ4v) is 4.53. The molecule has 0 bridgehead atoms. The second kappa shape index (κ2) is 5.44. The Hall–Kier alpha value is -1.36. The largest absolute Gasteiger partial charge is 0.497 e. The number of hydrogen-bond acceptors (Lipinski definition) is 2. The molecule has 4 heteroatoms. The highest BCUT2D eigenvalue weighted by atomic mass is 31.8. The van der Waals surface area contributed by atoms with Gasteiger partial charge in [-0.3, -0.25) is 4.44 Å². The first kappa shape index (κ1) is 13.3. The average molecular weight is 313 g/mol. The number of rotatable bonds is 3. The van der Waals surface area contributed by atoms with Crippen LogP contribution in [0.15, 0.2) is 42.5 Å². The number of hydrogen-bond donors (Lipinski definition) is 0. The molecule has 1 heterocycles. The van der Waals surface area contributed by atoms with Crippen molar-refractivity contribution in [3.8, 4) is 5.75 Å². The number of benzene rings is 2. The normalized spacial score (nSPS) is 20.8. The van der Waals surface area contributed by atoms with Crippen molar-refractivity contribution < 1.29 is 4.74 Å². The predicted octanol–water partition coefficient (Wildman–Crippen LogP) is 5.43. The van der Waals surface area contributed by atoms with Crippen molar-refractivity contribution in [2.45, 2.75) is 25.2 Å². The maximum atomic E-state index is 5.40. The van der Waals surface area contributed by atoms with E-state index in [1.54, 1.807) is 7.11 Å². The van der Waals surface area contributed by atoms with Gasteiger partial charge in [0.25, 0.3) is 0 Å². The number of methoxy groups -OCH3 is 1. The van der Waals surface area contributed by atoms with Gasteiger partial charge >= 0.3 is 0 Å². The minimum atomic E-state index is 0.631.